The zero-order valence-electron chi connectivity index (χ0n) is 36.7. The minimum Gasteiger partial charge on any atom is -0.488 e. The van der Waals surface area contributed by atoms with E-state index >= 15 is 0 Å². The van der Waals surface area contributed by atoms with Crippen LogP contribution in [0.15, 0.2) is 48.7 Å². The third-order valence-electron chi connectivity index (χ3n) is 12.6. The molecule has 0 aliphatic carbocycles. The molecule has 0 saturated carbocycles. The lowest BCUT2D eigenvalue weighted by atomic mass is 9.92. The van der Waals surface area contributed by atoms with Crippen LogP contribution in [0.1, 0.15) is 76.8 Å². The number of carbonyl (C=O) groups excluding carboxylic acids is 3. The summed E-state index contributed by atoms with van der Waals surface area (Å²) in [6.07, 6.45) is 1.36. The van der Waals surface area contributed by atoms with Crippen LogP contribution in [-0.2, 0) is 30.4 Å². The quantitative estimate of drug-likeness (QED) is 0.0869. The number of methoxy groups -OCH3 is 3. The molecule has 62 heavy (non-hydrogen) atoms. The Morgan fingerprint density at radius 1 is 0.903 bits per heavy atom. The van der Waals surface area contributed by atoms with Gasteiger partial charge in [-0.15, -0.1) is 0 Å². The first-order chi connectivity index (χ1) is 29.8. The first-order valence-electron chi connectivity index (χ1n) is 21.5. The van der Waals surface area contributed by atoms with Crippen LogP contribution in [-0.4, -0.2) is 112 Å². The van der Waals surface area contributed by atoms with Gasteiger partial charge in [0, 0.05) is 44.2 Å². The Balaban J connectivity index is 1.05. The zero-order chi connectivity index (χ0) is 44.0. The highest BCUT2D eigenvalue weighted by Crippen LogP contribution is 2.44. The van der Waals surface area contributed by atoms with Gasteiger partial charge in [-0.05, 0) is 76.9 Å². The number of aliphatic hydroxyl groups is 1. The van der Waals surface area contributed by atoms with E-state index in [1.165, 1.54) is 14.2 Å². The molecule has 8 rings (SSSR count). The van der Waals surface area contributed by atoms with E-state index in [2.05, 4.69) is 63.9 Å². The van der Waals surface area contributed by atoms with Crippen molar-refractivity contribution >= 4 is 39.7 Å². The van der Waals surface area contributed by atoms with Crippen LogP contribution in [0.3, 0.4) is 0 Å². The molecule has 5 N–H and O–H groups in total. The average Bonchev–Trinajstić information content (AvgIpc) is 4.09. The van der Waals surface area contributed by atoms with E-state index < -0.39 is 24.6 Å². The standard InChI is InChI=1S/C46H58N8O8/c1-23(2)38(51-45(57)60-7)43(55)53-19-25(5)13-35(53)41-47-18-34(49-41)28-9-11-30-29(15-28)22-62-37-17-31-27(16-32(30)37)10-12-33-40(31)50-42(48-33)36-14-26(21-59-6)20-54(36)44(56)39(24(3)4)52-46(58)61-8/h9-12,15-18,23-26,35-36,38-39,45,51,57H,13-14,19-22H2,1-8H3,(H,47,49)(H,48,50)(H,52,58)/t25-,26-,35-,36-,38-,39-,45?/m0/s1. The third kappa shape index (κ3) is 8.23. The minimum absolute atomic E-state index is 0.0692. The molecule has 5 heterocycles. The van der Waals surface area contributed by atoms with E-state index in [1.54, 1.807) is 7.11 Å². The van der Waals surface area contributed by atoms with Crippen molar-refractivity contribution in [3.05, 3.63) is 65.9 Å². The van der Waals surface area contributed by atoms with Crippen molar-refractivity contribution in [3.8, 4) is 28.1 Å². The molecule has 16 heteroatoms. The molecule has 2 aromatic heterocycles. The number of H-pyrrole nitrogens is 2. The number of fused-ring (bicyclic) bond motifs is 6. The van der Waals surface area contributed by atoms with E-state index in [0.717, 1.165) is 67.7 Å². The SMILES string of the molecule is COC[C@H]1C[C@@H](c2nc3c(ccc4cc5c(cc43)OCc3cc(-c4cnc([C@@H]6C[C@H](C)CN6C(=O)[C@@H](NC(O)OC)C(C)C)[nH]4)ccc3-5)[nH]2)N(C(=O)[C@@H](NC(=O)OC)C(C)C)C1. The summed E-state index contributed by atoms with van der Waals surface area (Å²) >= 11 is 0. The number of hydrogen-bond donors (Lipinski definition) is 5. The lowest BCUT2D eigenvalue weighted by Gasteiger charge is -2.31. The number of amides is 3. The van der Waals surface area contributed by atoms with Gasteiger partial charge in [0.1, 0.15) is 30.0 Å². The van der Waals surface area contributed by atoms with Crippen LogP contribution in [0, 0.1) is 23.7 Å². The Labute approximate surface area is 361 Å². The van der Waals surface area contributed by atoms with Gasteiger partial charge in [-0.2, -0.15) is 0 Å². The van der Waals surface area contributed by atoms with Crippen molar-refractivity contribution in [1.82, 2.24) is 40.4 Å². The van der Waals surface area contributed by atoms with Crippen LogP contribution in [0.4, 0.5) is 4.79 Å². The lowest BCUT2D eigenvalue weighted by molar-refractivity contribution is -0.145. The fourth-order valence-electron chi connectivity index (χ4n) is 9.44. The van der Waals surface area contributed by atoms with Crippen molar-refractivity contribution in [1.29, 1.82) is 0 Å². The van der Waals surface area contributed by atoms with Crippen LogP contribution in [0.25, 0.3) is 44.2 Å². The van der Waals surface area contributed by atoms with Gasteiger partial charge in [0.25, 0.3) is 0 Å². The number of aliphatic hydroxyl groups excluding tert-OH is 1. The molecule has 3 amide bonds. The largest absolute Gasteiger partial charge is 0.488 e. The average molecular weight is 851 g/mol. The van der Waals surface area contributed by atoms with Gasteiger partial charge in [-0.25, -0.2) is 14.8 Å². The van der Waals surface area contributed by atoms with E-state index in [4.69, 9.17) is 28.9 Å². The van der Waals surface area contributed by atoms with Gasteiger partial charge in [0.15, 0.2) is 0 Å². The number of alkyl carbamates (subject to hydrolysis) is 1. The van der Waals surface area contributed by atoms with E-state index in [-0.39, 0.29) is 47.6 Å². The minimum atomic E-state index is -1.24. The highest BCUT2D eigenvalue weighted by Gasteiger charge is 2.42. The Hall–Kier alpha value is -5.55. The lowest BCUT2D eigenvalue weighted by Crippen LogP contribution is -2.53. The van der Waals surface area contributed by atoms with Gasteiger partial charge < -0.3 is 49.1 Å². The molecule has 5 aromatic rings. The van der Waals surface area contributed by atoms with Gasteiger partial charge in [0.05, 0.1) is 54.8 Å². The first kappa shape index (κ1) is 43.1. The van der Waals surface area contributed by atoms with Crippen molar-refractivity contribution < 1.29 is 38.4 Å². The topological polar surface area (TPSA) is 196 Å². The Morgan fingerprint density at radius 2 is 1.65 bits per heavy atom. The number of nitrogens with zero attached hydrogens (tertiary/aromatic N) is 4. The summed E-state index contributed by atoms with van der Waals surface area (Å²) in [6, 6.07) is 12.7. The second-order valence-corrected chi connectivity index (χ2v) is 17.7. The summed E-state index contributed by atoms with van der Waals surface area (Å²) in [5.74, 6) is 2.03. The molecule has 3 aromatic carbocycles. The molecule has 1 unspecified atom stereocenters. The van der Waals surface area contributed by atoms with Gasteiger partial charge in [-0.3, -0.25) is 14.9 Å². The van der Waals surface area contributed by atoms with Crippen molar-refractivity contribution in [2.45, 2.75) is 84.6 Å². The van der Waals surface area contributed by atoms with E-state index in [0.29, 0.717) is 38.5 Å². The smallest absolute Gasteiger partial charge is 0.407 e. The fourth-order valence-corrected chi connectivity index (χ4v) is 9.44. The molecule has 3 aliphatic rings. The molecule has 16 nitrogen and oxygen atoms in total. The molecule has 3 aliphatic heterocycles. The fraction of sp³-hybridized carbons (Fsp3) is 0.500. The van der Waals surface area contributed by atoms with E-state index in [9.17, 15) is 19.5 Å². The maximum atomic E-state index is 14.1. The molecule has 2 fully saturated rings. The summed E-state index contributed by atoms with van der Waals surface area (Å²) in [4.78, 5) is 60.8. The zero-order valence-corrected chi connectivity index (χ0v) is 36.7. The number of imidazole rings is 2. The molecule has 0 bridgehead atoms. The summed E-state index contributed by atoms with van der Waals surface area (Å²) in [7, 11) is 4.34. The Morgan fingerprint density at radius 3 is 2.37 bits per heavy atom. The van der Waals surface area contributed by atoms with Crippen LogP contribution in [0.2, 0.25) is 0 Å². The molecule has 2 saturated heterocycles. The number of likely N-dealkylation sites (tertiary alicyclic amines) is 2. The maximum absolute atomic E-state index is 14.1. The molecular weight excluding hydrogens is 793 g/mol. The normalized spacial score (nSPS) is 21.3. The van der Waals surface area contributed by atoms with Gasteiger partial charge in [-0.1, -0.05) is 52.8 Å². The van der Waals surface area contributed by atoms with Crippen molar-refractivity contribution in [2.75, 3.05) is 41.0 Å². The maximum Gasteiger partial charge on any atom is 0.407 e. The Kier molecular flexibility index (Phi) is 12.3. The first-order valence-corrected chi connectivity index (χ1v) is 21.5. The number of hydrogen-bond acceptors (Lipinski definition) is 11. The second-order valence-electron chi connectivity index (χ2n) is 17.7. The van der Waals surface area contributed by atoms with Gasteiger partial charge >= 0.3 is 6.09 Å². The van der Waals surface area contributed by atoms with Crippen molar-refractivity contribution in [3.63, 3.8) is 0 Å². The predicted octanol–water partition coefficient (Wildman–Crippen LogP) is 6.03. The number of nitrogens with one attached hydrogen (secondary N) is 4. The number of rotatable bonds is 13. The molecular formula is C46H58N8O8. The molecule has 7 atom stereocenters. The van der Waals surface area contributed by atoms with Crippen LogP contribution >= 0.6 is 0 Å². The second kappa shape index (κ2) is 17.7. The Bertz CT molecular complexity index is 2460. The monoisotopic (exact) mass is 850 g/mol. The summed E-state index contributed by atoms with van der Waals surface area (Å²) in [5, 5.41) is 17.7. The van der Waals surface area contributed by atoms with E-state index in [1.807, 2.05) is 49.8 Å². The third-order valence-corrected chi connectivity index (χ3v) is 12.6. The number of carbonyl (C=O) groups is 3. The molecule has 0 spiro atoms. The van der Waals surface area contributed by atoms with Crippen molar-refractivity contribution in [2.24, 2.45) is 23.7 Å². The molecule has 0 radical (unpaired) electrons. The summed E-state index contributed by atoms with van der Waals surface area (Å²) < 4.78 is 21.8. The summed E-state index contributed by atoms with van der Waals surface area (Å²) in [5.41, 5.74) is 6.55. The van der Waals surface area contributed by atoms with Gasteiger partial charge in [0.2, 0.25) is 18.2 Å². The molecule has 330 valence electrons. The van der Waals surface area contributed by atoms with Crippen LogP contribution < -0.4 is 15.4 Å². The number of benzene rings is 3. The number of aromatic nitrogens is 4. The number of ether oxygens (including phenoxy) is 4. The summed E-state index contributed by atoms with van der Waals surface area (Å²) in [6.45, 7) is 11.8. The number of aromatic amines is 2. The van der Waals surface area contributed by atoms with Crippen LogP contribution in [0.5, 0.6) is 5.75 Å². The highest BCUT2D eigenvalue weighted by molar-refractivity contribution is 6.07. The predicted molar refractivity (Wildman–Crippen MR) is 233 cm³/mol. The highest BCUT2D eigenvalue weighted by atomic mass is 16.6.